The first-order chi connectivity index (χ1) is 9.30. The zero-order valence-corrected chi connectivity index (χ0v) is 12.8. The first-order valence-corrected chi connectivity index (χ1v) is 7.79. The number of fused-ring (bicyclic) bond motifs is 1. The molecule has 0 bridgehead atoms. The molecule has 0 fully saturated rings. The molecule has 1 aromatic rings. The van der Waals surface area contributed by atoms with E-state index in [9.17, 15) is 0 Å². The summed E-state index contributed by atoms with van der Waals surface area (Å²) in [6, 6.07) is 6.87. The summed E-state index contributed by atoms with van der Waals surface area (Å²) in [5, 5.41) is 4.10. The van der Waals surface area contributed by atoms with Gasteiger partial charge in [0.05, 0.1) is 13.7 Å². The highest BCUT2D eigenvalue weighted by Gasteiger charge is 2.28. The Labute approximate surface area is 120 Å². The Balaban J connectivity index is 2.12. The van der Waals surface area contributed by atoms with Crippen LogP contribution in [0.25, 0.3) is 0 Å². The van der Waals surface area contributed by atoms with Crippen LogP contribution in [-0.4, -0.2) is 38.9 Å². The lowest BCUT2D eigenvalue weighted by atomic mass is 9.87. The zero-order chi connectivity index (χ0) is 13.7. The van der Waals surface area contributed by atoms with Crippen LogP contribution < -0.4 is 10.1 Å². The number of aryl methyl sites for hydroxylation is 1. The maximum Gasteiger partial charge on any atom is 0.119 e. The molecule has 0 saturated heterocycles. The fourth-order valence-electron chi connectivity index (χ4n) is 2.70. The topological polar surface area (TPSA) is 30.5 Å². The largest absolute Gasteiger partial charge is 0.497 e. The van der Waals surface area contributed by atoms with Gasteiger partial charge in [0.15, 0.2) is 0 Å². The van der Waals surface area contributed by atoms with E-state index in [0.29, 0.717) is 11.3 Å². The van der Waals surface area contributed by atoms with Crippen molar-refractivity contribution in [1.82, 2.24) is 5.32 Å². The van der Waals surface area contributed by atoms with Crippen molar-refractivity contribution in [3.8, 4) is 5.75 Å². The second-order valence-electron chi connectivity index (χ2n) is 4.77. The molecule has 0 heterocycles. The van der Waals surface area contributed by atoms with Gasteiger partial charge in [-0.2, -0.15) is 11.8 Å². The third-order valence-electron chi connectivity index (χ3n) is 3.69. The lowest BCUT2D eigenvalue weighted by Crippen LogP contribution is -2.32. The third-order valence-corrected chi connectivity index (χ3v) is 5.02. The quantitative estimate of drug-likeness (QED) is 0.812. The summed E-state index contributed by atoms with van der Waals surface area (Å²) < 4.78 is 10.5. The summed E-state index contributed by atoms with van der Waals surface area (Å²) in [5.74, 6) is 2.02. The molecule has 4 heteroatoms. The minimum Gasteiger partial charge on any atom is -0.497 e. The van der Waals surface area contributed by atoms with E-state index in [1.54, 1.807) is 14.2 Å². The monoisotopic (exact) mass is 281 g/mol. The van der Waals surface area contributed by atoms with Crippen molar-refractivity contribution < 1.29 is 9.47 Å². The van der Waals surface area contributed by atoms with Crippen molar-refractivity contribution in [3.05, 3.63) is 29.3 Å². The number of methoxy groups -OCH3 is 2. The Kier molecular flexibility index (Phi) is 5.55. The minimum atomic E-state index is 0.427. The molecular weight excluding hydrogens is 258 g/mol. The molecule has 2 unspecified atom stereocenters. The van der Waals surface area contributed by atoms with Crippen LogP contribution in [0, 0.1) is 0 Å². The SMILES string of the molecule is CNC1c2ccc(OC)cc2CCC1SCCOC. The van der Waals surface area contributed by atoms with Gasteiger partial charge in [-0.25, -0.2) is 0 Å². The van der Waals surface area contributed by atoms with Crippen LogP contribution in [0.15, 0.2) is 18.2 Å². The molecule has 2 rings (SSSR count). The number of thioether (sulfide) groups is 1. The van der Waals surface area contributed by atoms with Crippen LogP contribution in [-0.2, 0) is 11.2 Å². The van der Waals surface area contributed by atoms with Crippen LogP contribution in [0.5, 0.6) is 5.75 Å². The molecular formula is C15H23NO2S. The van der Waals surface area contributed by atoms with Crippen molar-refractivity contribution in [2.75, 3.05) is 33.6 Å². The molecule has 1 aliphatic rings. The number of nitrogens with one attached hydrogen (secondary N) is 1. The van der Waals surface area contributed by atoms with Crippen LogP contribution >= 0.6 is 11.8 Å². The first-order valence-electron chi connectivity index (χ1n) is 6.74. The molecule has 3 nitrogen and oxygen atoms in total. The third kappa shape index (κ3) is 3.44. The number of rotatable bonds is 6. The van der Waals surface area contributed by atoms with E-state index in [2.05, 4.69) is 23.5 Å². The highest BCUT2D eigenvalue weighted by Crippen LogP contribution is 2.38. The average molecular weight is 281 g/mol. The van der Waals surface area contributed by atoms with Gasteiger partial charge in [-0.15, -0.1) is 0 Å². The molecule has 1 N–H and O–H groups in total. The Morgan fingerprint density at radius 1 is 1.37 bits per heavy atom. The van der Waals surface area contributed by atoms with E-state index in [0.717, 1.165) is 24.5 Å². The maximum atomic E-state index is 5.31. The smallest absolute Gasteiger partial charge is 0.119 e. The minimum absolute atomic E-state index is 0.427. The summed E-state index contributed by atoms with van der Waals surface area (Å²) >= 11 is 2.01. The van der Waals surface area contributed by atoms with E-state index < -0.39 is 0 Å². The molecule has 19 heavy (non-hydrogen) atoms. The molecule has 0 aromatic heterocycles. The molecule has 0 radical (unpaired) electrons. The van der Waals surface area contributed by atoms with Gasteiger partial charge in [0.2, 0.25) is 0 Å². The molecule has 1 aliphatic carbocycles. The predicted molar refractivity (Wildman–Crippen MR) is 81.2 cm³/mol. The van der Waals surface area contributed by atoms with Crippen molar-refractivity contribution >= 4 is 11.8 Å². The molecule has 0 spiro atoms. The number of hydrogen-bond acceptors (Lipinski definition) is 4. The van der Waals surface area contributed by atoms with Gasteiger partial charge in [0.1, 0.15) is 5.75 Å². The summed E-state index contributed by atoms with van der Waals surface area (Å²) in [4.78, 5) is 0. The van der Waals surface area contributed by atoms with Gasteiger partial charge >= 0.3 is 0 Å². The fraction of sp³-hybridized carbons (Fsp3) is 0.600. The average Bonchev–Trinajstić information content (AvgIpc) is 2.46. The van der Waals surface area contributed by atoms with E-state index in [4.69, 9.17) is 9.47 Å². The van der Waals surface area contributed by atoms with Crippen molar-refractivity contribution in [2.45, 2.75) is 24.1 Å². The predicted octanol–water partition coefficient (Wildman–Crippen LogP) is 2.65. The molecule has 0 saturated carbocycles. The van der Waals surface area contributed by atoms with Crippen LogP contribution in [0.1, 0.15) is 23.6 Å². The highest BCUT2D eigenvalue weighted by atomic mass is 32.2. The summed E-state index contributed by atoms with van der Waals surface area (Å²) in [5.41, 5.74) is 2.84. The second-order valence-corrected chi connectivity index (χ2v) is 6.12. The number of ether oxygens (including phenoxy) is 2. The zero-order valence-electron chi connectivity index (χ0n) is 11.9. The lowest BCUT2D eigenvalue weighted by Gasteiger charge is -2.33. The molecule has 0 aliphatic heterocycles. The van der Waals surface area contributed by atoms with E-state index in [-0.39, 0.29) is 0 Å². The van der Waals surface area contributed by atoms with Gasteiger partial charge < -0.3 is 14.8 Å². The fourth-order valence-corrected chi connectivity index (χ4v) is 4.02. The Morgan fingerprint density at radius 3 is 2.89 bits per heavy atom. The molecule has 106 valence electrons. The normalized spacial score (nSPS) is 22.1. The van der Waals surface area contributed by atoms with Crippen molar-refractivity contribution in [2.24, 2.45) is 0 Å². The van der Waals surface area contributed by atoms with Crippen molar-refractivity contribution in [3.63, 3.8) is 0 Å². The number of hydrogen-bond donors (Lipinski definition) is 1. The van der Waals surface area contributed by atoms with Gasteiger partial charge in [-0.3, -0.25) is 0 Å². The van der Waals surface area contributed by atoms with Crippen LogP contribution in [0.4, 0.5) is 0 Å². The van der Waals surface area contributed by atoms with Gasteiger partial charge in [0, 0.05) is 24.2 Å². The Bertz CT molecular complexity index is 411. The van der Waals surface area contributed by atoms with Crippen molar-refractivity contribution in [1.29, 1.82) is 0 Å². The number of benzene rings is 1. The highest BCUT2D eigenvalue weighted by molar-refractivity contribution is 7.99. The van der Waals surface area contributed by atoms with E-state index in [1.165, 1.54) is 17.5 Å². The van der Waals surface area contributed by atoms with Crippen LogP contribution in [0.3, 0.4) is 0 Å². The van der Waals surface area contributed by atoms with Gasteiger partial charge in [-0.05, 0) is 43.1 Å². The molecule has 2 atom stereocenters. The summed E-state index contributed by atoms with van der Waals surface area (Å²) in [6.07, 6.45) is 2.34. The standard InChI is InChI=1S/C15H23NO2S/c1-16-15-13-6-5-12(18-3)10-11(13)4-7-14(15)19-9-8-17-2/h5-6,10,14-16H,4,7-9H2,1-3H3. The van der Waals surface area contributed by atoms with E-state index in [1.807, 2.05) is 18.8 Å². The van der Waals surface area contributed by atoms with Gasteiger partial charge in [-0.1, -0.05) is 6.07 Å². The second kappa shape index (κ2) is 7.17. The molecule has 0 amide bonds. The summed E-state index contributed by atoms with van der Waals surface area (Å²) in [7, 11) is 5.54. The lowest BCUT2D eigenvalue weighted by molar-refractivity contribution is 0.218. The van der Waals surface area contributed by atoms with Crippen LogP contribution in [0.2, 0.25) is 0 Å². The van der Waals surface area contributed by atoms with Gasteiger partial charge in [0.25, 0.3) is 0 Å². The Hall–Kier alpha value is -0.710. The Morgan fingerprint density at radius 2 is 2.21 bits per heavy atom. The first kappa shape index (κ1) is 14.7. The summed E-state index contributed by atoms with van der Waals surface area (Å²) in [6.45, 7) is 0.826. The molecule has 1 aromatic carbocycles. The maximum absolute atomic E-state index is 5.31. The van der Waals surface area contributed by atoms with E-state index >= 15 is 0 Å².